The average molecular weight is 203 g/mol. The number of esters is 1. The van der Waals surface area contributed by atoms with Crippen LogP contribution < -0.4 is 17.2 Å². The lowest BCUT2D eigenvalue weighted by Crippen LogP contribution is -2.59. The zero-order valence-electron chi connectivity index (χ0n) is 8.95. The highest BCUT2D eigenvalue weighted by atomic mass is 16.5. The number of ether oxygens (including phenoxy) is 1. The van der Waals surface area contributed by atoms with Gasteiger partial charge in [-0.15, -0.1) is 0 Å². The molecule has 84 valence electrons. The van der Waals surface area contributed by atoms with Gasteiger partial charge in [-0.2, -0.15) is 0 Å². The van der Waals surface area contributed by atoms with E-state index < -0.39 is 5.66 Å². The second-order valence-corrected chi connectivity index (χ2v) is 3.73. The van der Waals surface area contributed by atoms with Crippen LogP contribution in [0.4, 0.5) is 0 Å². The van der Waals surface area contributed by atoms with Gasteiger partial charge in [0, 0.05) is 6.54 Å². The van der Waals surface area contributed by atoms with Crippen molar-refractivity contribution in [2.45, 2.75) is 32.4 Å². The maximum Gasteiger partial charge on any atom is 0.308 e. The molecule has 0 aromatic heterocycles. The molecule has 0 bridgehead atoms. The second-order valence-electron chi connectivity index (χ2n) is 3.73. The molecule has 0 aromatic rings. The van der Waals surface area contributed by atoms with Crippen molar-refractivity contribution in [3.63, 3.8) is 0 Å². The van der Waals surface area contributed by atoms with E-state index in [1.807, 2.05) is 13.8 Å². The van der Waals surface area contributed by atoms with Gasteiger partial charge in [0.25, 0.3) is 0 Å². The van der Waals surface area contributed by atoms with Crippen LogP contribution in [0.2, 0.25) is 0 Å². The summed E-state index contributed by atoms with van der Waals surface area (Å²) in [4.78, 5) is 11.3. The average Bonchev–Trinajstić information content (AvgIpc) is 2.15. The van der Waals surface area contributed by atoms with Gasteiger partial charge < -0.3 is 21.9 Å². The van der Waals surface area contributed by atoms with E-state index in [2.05, 4.69) is 0 Å². The minimum absolute atomic E-state index is 0.0314. The molecule has 0 rings (SSSR count). The van der Waals surface area contributed by atoms with Gasteiger partial charge in [-0.25, -0.2) is 0 Å². The largest absolute Gasteiger partial charge is 0.462 e. The summed E-state index contributed by atoms with van der Waals surface area (Å²) in [6.07, 6.45) is 1.76. The summed E-state index contributed by atoms with van der Waals surface area (Å²) in [6.45, 7) is 3.89. The Labute approximate surface area is 85.0 Å². The first-order valence-electron chi connectivity index (χ1n) is 4.87. The Morgan fingerprint density at radius 1 is 1.50 bits per heavy atom. The molecule has 0 aromatic carbocycles. The first kappa shape index (κ1) is 13.4. The number of carbonyl (C=O) groups excluding carboxylic acids is 1. The zero-order valence-corrected chi connectivity index (χ0v) is 8.95. The maximum atomic E-state index is 11.3. The Kier molecular flexibility index (Phi) is 5.68. The van der Waals surface area contributed by atoms with Crippen molar-refractivity contribution in [3.05, 3.63) is 0 Å². The monoisotopic (exact) mass is 203 g/mol. The molecule has 6 N–H and O–H groups in total. The summed E-state index contributed by atoms with van der Waals surface area (Å²) in [5.74, 6) is -0.367. The normalized spacial score (nSPS) is 13.8. The molecule has 5 heteroatoms. The highest BCUT2D eigenvalue weighted by molar-refractivity contribution is 5.71. The fraction of sp³-hybridized carbons (Fsp3) is 0.889. The molecule has 5 nitrogen and oxygen atoms in total. The third kappa shape index (κ3) is 5.16. The highest BCUT2D eigenvalue weighted by Crippen LogP contribution is 2.07. The summed E-state index contributed by atoms with van der Waals surface area (Å²) >= 11 is 0. The molecular formula is C9H21N3O2. The second kappa shape index (κ2) is 5.95. The lowest BCUT2D eigenvalue weighted by atomic mass is 10.1. The summed E-state index contributed by atoms with van der Waals surface area (Å²) in [7, 11) is 0. The predicted molar refractivity (Wildman–Crippen MR) is 55.2 cm³/mol. The Hall–Kier alpha value is -0.650. The van der Waals surface area contributed by atoms with E-state index in [4.69, 9.17) is 21.9 Å². The topological polar surface area (TPSA) is 104 Å². The molecule has 0 spiro atoms. The summed E-state index contributed by atoms with van der Waals surface area (Å²) in [5, 5.41) is 0. The third-order valence-electron chi connectivity index (χ3n) is 1.99. The predicted octanol–water partition coefficient (Wildman–Crippen LogP) is -0.462. The standard InChI is InChI=1S/C9H21N3O2/c1-3-4-7(2)8(13)14-6-9(11,12)5-10/h7H,3-6,10-12H2,1-2H3. The third-order valence-corrected chi connectivity index (χ3v) is 1.99. The Bertz CT molecular complexity index is 183. The zero-order chi connectivity index (χ0) is 11.2. The maximum absolute atomic E-state index is 11.3. The number of nitrogens with two attached hydrogens (primary N) is 3. The summed E-state index contributed by atoms with van der Waals surface area (Å²) in [6, 6.07) is 0. The fourth-order valence-electron chi connectivity index (χ4n) is 0.958. The number of carbonyl (C=O) groups is 1. The number of hydrogen-bond acceptors (Lipinski definition) is 5. The fourth-order valence-corrected chi connectivity index (χ4v) is 0.958. The molecule has 0 saturated heterocycles. The van der Waals surface area contributed by atoms with Crippen molar-refractivity contribution in [1.82, 2.24) is 0 Å². The van der Waals surface area contributed by atoms with E-state index in [-0.39, 0.29) is 25.0 Å². The molecule has 0 saturated carbocycles. The molecule has 0 aliphatic carbocycles. The minimum atomic E-state index is -1.11. The van der Waals surface area contributed by atoms with Crippen molar-refractivity contribution in [3.8, 4) is 0 Å². The van der Waals surface area contributed by atoms with Crippen LogP contribution in [-0.4, -0.2) is 24.8 Å². The van der Waals surface area contributed by atoms with Crippen molar-refractivity contribution in [2.24, 2.45) is 23.1 Å². The SMILES string of the molecule is CCCC(C)C(=O)OCC(N)(N)CN. The van der Waals surface area contributed by atoms with Crippen LogP contribution in [0.5, 0.6) is 0 Å². The summed E-state index contributed by atoms with van der Waals surface area (Å²) < 4.78 is 4.94. The first-order chi connectivity index (χ1) is 6.43. The van der Waals surface area contributed by atoms with E-state index >= 15 is 0 Å². The van der Waals surface area contributed by atoms with Crippen molar-refractivity contribution in [1.29, 1.82) is 0 Å². The lowest BCUT2D eigenvalue weighted by Gasteiger charge is -2.22. The molecule has 0 amide bonds. The van der Waals surface area contributed by atoms with E-state index in [1.165, 1.54) is 0 Å². The van der Waals surface area contributed by atoms with Gasteiger partial charge in [0.2, 0.25) is 0 Å². The molecule has 0 radical (unpaired) electrons. The van der Waals surface area contributed by atoms with Gasteiger partial charge in [-0.1, -0.05) is 20.3 Å². The quantitative estimate of drug-likeness (QED) is 0.400. The molecule has 0 fully saturated rings. The molecule has 0 heterocycles. The van der Waals surface area contributed by atoms with Gasteiger partial charge >= 0.3 is 5.97 Å². The number of hydrogen-bond donors (Lipinski definition) is 3. The molecule has 0 aliphatic rings. The first-order valence-corrected chi connectivity index (χ1v) is 4.87. The Morgan fingerprint density at radius 3 is 2.50 bits per heavy atom. The molecule has 14 heavy (non-hydrogen) atoms. The molecular weight excluding hydrogens is 182 g/mol. The van der Waals surface area contributed by atoms with Crippen LogP contribution in [-0.2, 0) is 9.53 Å². The Morgan fingerprint density at radius 2 is 2.07 bits per heavy atom. The minimum Gasteiger partial charge on any atom is -0.462 e. The van der Waals surface area contributed by atoms with Crippen LogP contribution in [0.1, 0.15) is 26.7 Å². The van der Waals surface area contributed by atoms with E-state index in [0.29, 0.717) is 0 Å². The van der Waals surface area contributed by atoms with E-state index in [9.17, 15) is 4.79 Å². The summed E-state index contributed by atoms with van der Waals surface area (Å²) in [5.41, 5.74) is 15.2. The van der Waals surface area contributed by atoms with Crippen LogP contribution in [0.15, 0.2) is 0 Å². The van der Waals surface area contributed by atoms with Crippen molar-refractivity contribution in [2.75, 3.05) is 13.2 Å². The van der Waals surface area contributed by atoms with Gasteiger partial charge in [-0.05, 0) is 6.42 Å². The smallest absolute Gasteiger partial charge is 0.308 e. The highest BCUT2D eigenvalue weighted by Gasteiger charge is 2.21. The van der Waals surface area contributed by atoms with Crippen LogP contribution >= 0.6 is 0 Å². The molecule has 0 aliphatic heterocycles. The van der Waals surface area contributed by atoms with Crippen LogP contribution in [0.3, 0.4) is 0 Å². The molecule has 1 unspecified atom stereocenters. The number of rotatable bonds is 6. The van der Waals surface area contributed by atoms with Crippen LogP contribution in [0, 0.1) is 5.92 Å². The van der Waals surface area contributed by atoms with Gasteiger partial charge in [0.1, 0.15) is 12.3 Å². The van der Waals surface area contributed by atoms with Crippen LogP contribution in [0.25, 0.3) is 0 Å². The van der Waals surface area contributed by atoms with E-state index in [0.717, 1.165) is 12.8 Å². The lowest BCUT2D eigenvalue weighted by molar-refractivity contribution is -0.149. The van der Waals surface area contributed by atoms with E-state index in [1.54, 1.807) is 0 Å². The Balaban J connectivity index is 3.84. The van der Waals surface area contributed by atoms with Gasteiger partial charge in [-0.3, -0.25) is 4.79 Å². The molecule has 1 atom stereocenters. The van der Waals surface area contributed by atoms with Crippen molar-refractivity contribution < 1.29 is 9.53 Å². The van der Waals surface area contributed by atoms with Gasteiger partial charge in [0.15, 0.2) is 0 Å². The van der Waals surface area contributed by atoms with Gasteiger partial charge in [0.05, 0.1) is 5.92 Å². The van der Waals surface area contributed by atoms with Crippen molar-refractivity contribution >= 4 is 5.97 Å².